The Labute approximate surface area is 111 Å². The maximum atomic E-state index is 12.3. The Morgan fingerprint density at radius 3 is 2.74 bits per heavy atom. The van der Waals surface area contributed by atoms with E-state index >= 15 is 0 Å². The van der Waals surface area contributed by atoms with Crippen LogP contribution in [0.15, 0.2) is 23.4 Å². The number of pyridine rings is 1. The average Bonchev–Trinajstić information content (AvgIpc) is 2.34. The maximum Gasteiger partial charge on any atom is 0.318 e. The Kier molecular flexibility index (Phi) is 5.40. The van der Waals surface area contributed by atoms with E-state index in [1.165, 1.54) is 13.3 Å². The number of methoxy groups -OCH3 is 1. The van der Waals surface area contributed by atoms with Crippen molar-refractivity contribution in [2.45, 2.75) is 11.9 Å². The van der Waals surface area contributed by atoms with Gasteiger partial charge in [0.1, 0.15) is 6.54 Å². The molecule has 0 fully saturated rings. The van der Waals surface area contributed by atoms with E-state index in [-0.39, 0.29) is 18.2 Å². The molecule has 1 aromatic heterocycles. The number of carbonyl (C=O) groups is 1. The molecule has 0 saturated heterocycles. The molecule has 7 nitrogen and oxygen atoms in total. The van der Waals surface area contributed by atoms with E-state index in [9.17, 15) is 13.2 Å². The van der Waals surface area contributed by atoms with E-state index in [0.717, 1.165) is 4.31 Å². The smallest absolute Gasteiger partial charge is 0.318 e. The quantitative estimate of drug-likeness (QED) is 0.765. The molecule has 0 aliphatic carbocycles. The lowest BCUT2D eigenvalue weighted by Crippen LogP contribution is -2.38. The average molecular weight is 288 g/mol. The van der Waals surface area contributed by atoms with E-state index in [1.54, 1.807) is 19.1 Å². The van der Waals surface area contributed by atoms with Gasteiger partial charge < -0.3 is 9.84 Å². The molecule has 19 heavy (non-hydrogen) atoms. The van der Waals surface area contributed by atoms with Crippen LogP contribution in [-0.2, 0) is 19.6 Å². The largest absolute Gasteiger partial charge is 0.480 e. The van der Waals surface area contributed by atoms with Crippen LogP contribution in [0.1, 0.15) is 5.56 Å². The first-order chi connectivity index (χ1) is 8.89. The highest BCUT2D eigenvalue weighted by Crippen LogP contribution is 2.16. The third kappa shape index (κ3) is 3.98. The fourth-order valence-corrected chi connectivity index (χ4v) is 3.00. The van der Waals surface area contributed by atoms with Gasteiger partial charge in [-0.1, -0.05) is 6.07 Å². The van der Waals surface area contributed by atoms with Crippen molar-refractivity contribution < 1.29 is 23.1 Å². The Balaban J connectivity index is 3.12. The summed E-state index contributed by atoms with van der Waals surface area (Å²) in [5.41, 5.74) is 0.468. The van der Waals surface area contributed by atoms with Crippen LogP contribution >= 0.6 is 0 Å². The summed E-state index contributed by atoms with van der Waals surface area (Å²) in [6.07, 6.45) is 1.36. The van der Waals surface area contributed by atoms with Crippen molar-refractivity contribution in [1.29, 1.82) is 0 Å². The number of carboxylic acids is 1. The van der Waals surface area contributed by atoms with Gasteiger partial charge in [0.05, 0.1) is 6.61 Å². The van der Waals surface area contributed by atoms with Crippen LogP contribution in [0.3, 0.4) is 0 Å². The Bertz CT molecular complexity index is 544. The monoisotopic (exact) mass is 288 g/mol. The highest BCUT2D eigenvalue weighted by atomic mass is 32.2. The number of nitrogens with zero attached hydrogens (tertiary/aromatic N) is 2. The van der Waals surface area contributed by atoms with Crippen LogP contribution in [0.25, 0.3) is 0 Å². The third-order valence-corrected chi connectivity index (χ3v) is 4.31. The second-order valence-corrected chi connectivity index (χ2v) is 5.70. The molecule has 0 aliphatic rings. The summed E-state index contributed by atoms with van der Waals surface area (Å²) in [5.74, 6) is -1.23. The number of sulfonamides is 1. The molecule has 0 aliphatic heterocycles. The molecule has 0 atom stereocenters. The van der Waals surface area contributed by atoms with Gasteiger partial charge in [-0.3, -0.25) is 4.79 Å². The predicted molar refractivity (Wildman–Crippen MR) is 67.2 cm³/mol. The Morgan fingerprint density at radius 2 is 2.21 bits per heavy atom. The third-order valence-electron chi connectivity index (χ3n) is 2.40. The number of aryl methyl sites for hydroxylation is 1. The van der Waals surface area contributed by atoms with Gasteiger partial charge in [0.15, 0.2) is 5.03 Å². The zero-order valence-corrected chi connectivity index (χ0v) is 11.6. The SMILES string of the molecule is COCCN(CC(=O)O)S(=O)(=O)c1ncccc1C. The number of hydrogen-bond donors (Lipinski definition) is 1. The summed E-state index contributed by atoms with van der Waals surface area (Å²) >= 11 is 0. The molecule has 0 aromatic carbocycles. The Morgan fingerprint density at radius 1 is 1.53 bits per heavy atom. The number of hydrogen-bond acceptors (Lipinski definition) is 5. The van der Waals surface area contributed by atoms with Crippen molar-refractivity contribution in [3.8, 4) is 0 Å². The minimum Gasteiger partial charge on any atom is -0.480 e. The summed E-state index contributed by atoms with van der Waals surface area (Å²) in [6, 6.07) is 3.22. The van der Waals surface area contributed by atoms with Crippen LogP contribution in [0.4, 0.5) is 0 Å². The van der Waals surface area contributed by atoms with E-state index < -0.39 is 22.5 Å². The number of aliphatic carboxylic acids is 1. The van der Waals surface area contributed by atoms with Crippen LogP contribution < -0.4 is 0 Å². The van der Waals surface area contributed by atoms with Gasteiger partial charge in [-0.2, -0.15) is 4.31 Å². The molecule has 0 saturated carbocycles. The molecule has 0 unspecified atom stereocenters. The van der Waals surface area contributed by atoms with Crippen molar-refractivity contribution in [3.63, 3.8) is 0 Å². The van der Waals surface area contributed by atoms with Gasteiger partial charge in [-0.25, -0.2) is 13.4 Å². The Hall–Kier alpha value is -1.51. The summed E-state index contributed by atoms with van der Waals surface area (Å²) in [5, 5.41) is 8.66. The zero-order valence-electron chi connectivity index (χ0n) is 10.7. The van der Waals surface area contributed by atoms with Crippen molar-refractivity contribution >= 4 is 16.0 Å². The number of carboxylic acid groups (broad SMARTS) is 1. The minimum atomic E-state index is -3.94. The fourth-order valence-electron chi connectivity index (χ4n) is 1.49. The molecule has 1 N–H and O–H groups in total. The number of aromatic nitrogens is 1. The van der Waals surface area contributed by atoms with Crippen LogP contribution in [0.2, 0.25) is 0 Å². The van der Waals surface area contributed by atoms with E-state index in [0.29, 0.717) is 5.56 Å². The van der Waals surface area contributed by atoms with E-state index in [2.05, 4.69) is 4.98 Å². The molecule has 106 valence electrons. The van der Waals surface area contributed by atoms with Gasteiger partial charge in [-0.05, 0) is 18.6 Å². The summed E-state index contributed by atoms with van der Waals surface area (Å²) in [4.78, 5) is 14.6. The molecule has 1 heterocycles. The summed E-state index contributed by atoms with van der Waals surface area (Å²) in [7, 11) is -2.52. The molecular weight excluding hydrogens is 272 g/mol. The molecule has 0 bridgehead atoms. The normalized spacial score (nSPS) is 11.7. The number of rotatable bonds is 7. The zero-order chi connectivity index (χ0) is 14.5. The van der Waals surface area contributed by atoms with Crippen molar-refractivity contribution in [1.82, 2.24) is 9.29 Å². The lowest BCUT2D eigenvalue weighted by Gasteiger charge is -2.20. The van der Waals surface area contributed by atoms with Crippen LogP contribution in [0, 0.1) is 6.92 Å². The first kappa shape index (κ1) is 15.5. The highest BCUT2D eigenvalue weighted by molar-refractivity contribution is 7.89. The first-order valence-electron chi connectivity index (χ1n) is 5.52. The van der Waals surface area contributed by atoms with Gasteiger partial charge in [0.2, 0.25) is 0 Å². The minimum absolute atomic E-state index is 0.0405. The lowest BCUT2D eigenvalue weighted by atomic mass is 10.3. The van der Waals surface area contributed by atoms with Crippen molar-refractivity contribution in [3.05, 3.63) is 23.9 Å². The van der Waals surface area contributed by atoms with Gasteiger partial charge >= 0.3 is 5.97 Å². The lowest BCUT2D eigenvalue weighted by molar-refractivity contribution is -0.137. The first-order valence-corrected chi connectivity index (χ1v) is 6.96. The molecule has 0 spiro atoms. The highest BCUT2D eigenvalue weighted by Gasteiger charge is 2.28. The fraction of sp³-hybridized carbons (Fsp3) is 0.455. The standard InChI is InChI=1S/C11H16N2O5S/c1-9-4-3-5-12-11(9)19(16,17)13(6-7-18-2)8-10(14)15/h3-5H,6-8H2,1-2H3,(H,14,15). The molecule has 1 aromatic rings. The predicted octanol–water partition coefficient (Wildman–Crippen LogP) is 0.112. The van der Waals surface area contributed by atoms with Crippen LogP contribution in [-0.4, -0.2) is 55.6 Å². The second-order valence-electron chi connectivity index (χ2n) is 3.85. The topological polar surface area (TPSA) is 96.8 Å². The summed E-state index contributed by atoms with van der Waals surface area (Å²) in [6.45, 7) is 1.05. The number of ether oxygens (including phenoxy) is 1. The van der Waals surface area contributed by atoms with Crippen molar-refractivity contribution in [2.24, 2.45) is 0 Å². The van der Waals surface area contributed by atoms with Crippen molar-refractivity contribution in [2.75, 3.05) is 26.8 Å². The summed E-state index contributed by atoms with van der Waals surface area (Å²) < 4.78 is 30.3. The van der Waals surface area contributed by atoms with Gasteiger partial charge in [-0.15, -0.1) is 0 Å². The van der Waals surface area contributed by atoms with Gasteiger partial charge in [0.25, 0.3) is 10.0 Å². The molecular formula is C11H16N2O5S. The second kappa shape index (κ2) is 6.60. The van der Waals surface area contributed by atoms with E-state index in [4.69, 9.17) is 9.84 Å². The maximum absolute atomic E-state index is 12.3. The molecule has 0 amide bonds. The van der Waals surface area contributed by atoms with Crippen LogP contribution in [0.5, 0.6) is 0 Å². The van der Waals surface area contributed by atoms with Gasteiger partial charge in [0, 0.05) is 19.9 Å². The molecule has 8 heteroatoms. The molecule has 0 radical (unpaired) electrons. The molecule has 1 rings (SSSR count). The van der Waals surface area contributed by atoms with E-state index in [1.807, 2.05) is 0 Å².